The van der Waals surface area contributed by atoms with Crippen molar-refractivity contribution in [3.63, 3.8) is 0 Å². The molecule has 1 amide bonds. The molecule has 0 unspecified atom stereocenters. The predicted octanol–water partition coefficient (Wildman–Crippen LogP) is 0.585. The van der Waals surface area contributed by atoms with Crippen molar-refractivity contribution in [2.45, 2.75) is 37.8 Å². The highest BCUT2D eigenvalue weighted by Crippen LogP contribution is 2.20. The van der Waals surface area contributed by atoms with E-state index in [0.29, 0.717) is 19.1 Å². The fourth-order valence-electron chi connectivity index (χ4n) is 2.67. The molecule has 0 spiro atoms. The lowest BCUT2D eigenvalue weighted by molar-refractivity contribution is 0.0393. The molecule has 2 rings (SSSR count). The first kappa shape index (κ1) is 11.7. The van der Waals surface area contributed by atoms with E-state index in [1.807, 2.05) is 0 Å². The average Bonchev–Trinajstić information content (AvgIpc) is 2.30. The van der Waals surface area contributed by atoms with Gasteiger partial charge in [-0.2, -0.15) is 0 Å². The number of carboxylic acid groups (broad SMARTS) is 1. The molecule has 16 heavy (non-hydrogen) atoms. The average molecular weight is 228 g/mol. The van der Waals surface area contributed by atoms with Gasteiger partial charge in [-0.15, -0.1) is 0 Å². The van der Waals surface area contributed by atoms with Gasteiger partial charge < -0.3 is 20.0 Å². The van der Waals surface area contributed by atoms with Crippen molar-refractivity contribution in [3.8, 4) is 0 Å². The summed E-state index contributed by atoms with van der Waals surface area (Å²) in [7, 11) is 0. The summed E-state index contributed by atoms with van der Waals surface area (Å²) >= 11 is 0. The van der Waals surface area contributed by atoms with Crippen molar-refractivity contribution < 1.29 is 15.0 Å². The Kier molecular flexibility index (Phi) is 3.66. The van der Waals surface area contributed by atoms with Gasteiger partial charge in [0.15, 0.2) is 0 Å². The fourth-order valence-corrected chi connectivity index (χ4v) is 2.67. The Bertz CT molecular complexity index is 244. The Morgan fingerprint density at radius 2 is 1.56 bits per heavy atom. The van der Waals surface area contributed by atoms with Gasteiger partial charge in [-0.3, -0.25) is 0 Å². The fraction of sp³-hybridized carbons (Fsp3) is 0.909. The standard InChI is InChI=1S/C11H20N2O3/c14-10-3-7-12(8-4-10)9-1-5-13(6-2-9)11(15)16/h9-10,14H,1-8H2,(H,15,16). The molecule has 0 aromatic rings. The minimum Gasteiger partial charge on any atom is -0.465 e. The van der Waals surface area contributed by atoms with Crippen LogP contribution in [0.5, 0.6) is 0 Å². The summed E-state index contributed by atoms with van der Waals surface area (Å²) in [5.41, 5.74) is 0. The lowest BCUT2D eigenvalue weighted by atomic mass is 9.99. The molecule has 0 bridgehead atoms. The van der Waals surface area contributed by atoms with E-state index in [9.17, 15) is 9.90 Å². The molecule has 2 heterocycles. The number of rotatable bonds is 1. The van der Waals surface area contributed by atoms with Crippen LogP contribution in [0.25, 0.3) is 0 Å². The molecular formula is C11H20N2O3. The van der Waals surface area contributed by atoms with Crippen LogP contribution in [0.4, 0.5) is 4.79 Å². The minimum atomic E-state index is -0.799. The summed E-state index contributed by atoms with van der Waals surface area (Å²) in [5.74, 6) is 0. The number of aliphatic hydroxyl groups excluding tert-OH is 1. The van der Waals surface area contributed by atoms with E-state index in [1.54, 1.807) is 0 Å². The molecule has 0 aromatic carbocycles. The maximum atomic E-state index is 10.8. The van der Waals surface area contributed by atoms with Crippen LogP contribution in [0.15, 0.2) is 0 Å². The number of aliphatic hydroxyl groups is 1. The lowest BCUT2D eigenvalue weighted by Gasteiger charge is -2.40. The number of likely N-dealkylation sites (tertiary alicyclic amines) is 2. The second-order valence-corrected chi connectivity index (χ2v) is 4.77. The van der Waals surface area contributed by atoms with E-state index in [1.165, 1.54) is 4.90 Å². The van der Waals surface area contributed by atoms with Crippen molar-refractivity contribution >= 4 is 6.09 Å². The Morgan fingerprint density at radius 1 is 1.00 bits per heavy atom. The van der Waals surface area contributed by atoms with Crippen LogP contribution >= 0.6 is 0 Å². The van der Waals surface area contributed by atoms with Crippen LogP contribution in [0.1, 0.15) is 25.7 Å². The van der Waals surface area contributed by atoms with Crippen LogP contribution in [-0.2, 0) is 0 Å². The molecule has 5 nitrogen and oxygen atoms in total. The first-order valence-electron chi connectivity index (χ1n) is 6.07. The molecule has 2 aliphatic rings. The molecule has 0 saturated carbocycles. The van der Waals surface area contributed by atoms with E-state index in [4.69, 9.17) is 5.11 Å². The molecule has 2 N–H and O–H groups in total. The molecule has 0 aromatic heterocycles. The Hall–Kier alpha value is -0.810. The second-order valence-electron chi connectivity index (χ2n) is 4.77. The minimum absolute atomic E-state index is 0.129. The molecule has 5 heteroatoms. The molecule has 0 radical (unpaired) electrons. The highest BCUT2D eigenvalue weighted by molar-refractivity contribution is 5.65. The Morgan fingerprint density at radius 3 is 2.06 bits per heavy atom. The third-order valence-electron chi connectivity index (χ3n) is 3.75. The number of hydrogen-bond acceptors (Lipinski definition) is 3. The highest BCUT2D eigenvalue weighted by Gasteiger charge is 2.28. The highest BCUT2D eigenvalue weighted by atomic mass is 16.4. The molecule has 2 fully saturated rings. The van der Waals surface area contributed by atoms with Gasteiger partial charge in [-0.05, 0) is 25.7 Å². The summed E-state index contributed by atoms with van der Waals surface area (Å²) in [6.07, 6.45) is 2.66. The van der Waals surface area contributed by atoms with Crippen molar-refractivity contribution in [2.24, 2.45) is 0 Å². The van der Waals surface area contributed by atoms with Gasteiger partial charge in [0.05, 0.1) is 6.10 Å². The van der Waals surface area contributed by atoms with Crippen LogP contribution in [0.2, 0.25) is 0 Å². The lowest BCUT2D eigenvalue weighted by Crippen LogP contribution is -2.49. The van der Waals surface area contributed by atoms with Crippen molar-refractivity contribution in [3.05, 3.63) is 0 Å². The van der Waals surface area contributed by atoms with Gasteiger partial charge in [-0.1, -0.05) is 0 Å². The van der Waals surface area contributed by atoms with E-state index in [-0.39, 0.29) is 6.10 Å². The van der Waals surface area contributed by atoms with E-state index < -0.39 is 6.09 Å². The maximum absolute atomic E-state index is 10.8. The maximum Gasteiger partial charge on any atom is 0.407 e. The number of piperidine rings is 2. The van der Waals surface area contributed by atoms with E-state index in [0.717, 1.165) is 38.8 Å². The van der Waals surface area contributed by atoms with Gasteiger partial charge in [0.1, 0.15) is 0 Å². The SMILES string of the molecule is O=C(O)N1CCC(N2CCC(O)CC2)CC1. The van der Waals surface area contributed by atoms with Gasteiger partial charge in [0.25, 0.3) is 0 Å². The second kappa shape index (κ2) is 5.01. The van der Waals surface area contributed by atoms with Gasteiger partial charge in [0, 0.05) is 32.2 Å². The number of hydrogen-bond donors (Lipinski definition) is 2. The van der Waals surface area contributed by atoms with Crippen LogP contribution in [-0.4, -0.2) is 64.4 Å². The van der Waals surface area contributed by atoms with E-state index >= 15 is 0 Å². The quantitative estimate of drug-likeness (QED) is 0.689. The molecule has 92 valence electrons. The first-order valence-corrected chi connectivity index (χ1v) is 6.07. The molecule has 2 aliphatic heterocycles. The first-order chi connectivity index (χ1) is 7.66. The summed E-state index contributed by atoms with van der Waals surface area (Å²) in [4.78, 5) is 14.7. The monoisotopic (exact) mass is 228 g/mol. The van der Waals surface area contributed by atoms with Gasteiger partial charge in [0.2, 0.25) is 0 Å². The van der Waals surface area contributed by atoms with Crippen LogP contribution < -0.4 is 0 Å². The molecule has 0 atom stereocenters. The molecule has 2 saturated heterocycles. The van der Waals surface area contributed by atoms with Crippen molar-refractivity contribution in [1.29, 1.82) is 0 Å². The number of amides is 1. The largest absolute Gasteiger partial charge is 0.465 e. The summed E-state index contributed by atoms with van der Waals surface area (Å²) < 4.78 is 0. The Balaban J connectivity index is 1.78. The third-order valence-corrected chi connectivity index (χ3v) is 3.75. The zero-order chi connectivity index (χ0) is 11.5. The third kappa shape index (κ3) is 2.65. The normalized spacial score (nSPS) is 25.9. The molecule has 0 aliphatic carbocycles. The zero-order valence-corrected chi connectivity index (χ0v) is 9.51. The van der Waals surface area contributed by atoms with Gasteiger partial charge >= 0.3 is 6.09 Å². The zero-order valence-electron chi connectivity index (χ0n) is 9.51. The summed E-state index contributed by atoms with van der Waals surface area (Å²) in [6.45, 7) is 3.22. The Labute approximate surface area is 95.6 Å². The van der Waals surface area contributed by atoms with Crippen molar-refractivity contribution in [2.75, 3.05) is 26.2 Å². The number of carbonyl (C=O) groups is 1. The molecular weight excluding hydrogens is 208 g/mol. The predicted molar refractivity (Wildman–Crippen MR) is 59.4 cm³/mol. The summed E-state index contributed by atoms with van der Waals surface area (Å²) in [6, 6.07) is 0.517. The van der Waals surface area contributed by atoms with Gasteiger partial charge in [-0.25, -0.2) is 4.79 Å². The smallest absolute Gasteiger partial charge is 0.407 e. The van der Waals surface area contributed by atoms with Crippen LogP contribution in [0, 0.1) is 0 Å². The topological polar surface area (TPSA) is 64.0 Å². The summed E-state index contributed by atoms with van der Waals surface area (Å²) in [5, 5.41) is 18.3. The van der Waals surface area contributed by atoms with Crippen LogP contribution in [0.3, 0.4) is 0 Å². The van der Waals surface area contributed by atoms with Crippen molar-refractivity contribution in [1.82, 2.24) is 9.80 Å². The number of nitrogens with zero attached hydrogens (tertiary/aromatic N) is 2. The van der Waals surface area contributed by atoms with E-state index in [2.05, 4.69) is 4.90 Å².